The summed E-state index contributed by atoms with van der Waals surface area (Å²) in [5.41, 5.74) is 0.530. The van der Waals surface area contributed by atoms with Crippen LogP contribution in [-0.2, 0) is 0 Å². The Labute approximate surface area is 114 Å². The molecular formula is C16H22FNO. The van der Waals surface area contributed by atoms with Crippen LogP contribution in [0, 0.1) is 11.7 Å². The molecule has 3 heteroatoms. The van der Waals surface area contributed by atoms with E-state index in [0.717, 1.165) is 18.9 Å². The highest BCUT2D eigenvalue weighted by atomic mass is 19.1. The van der Waals surface area contributed by atoms with E-state index in [0.29, 0.717) is 5.56 Å². The van der Waals surface area contributed by atoms with Crippen LogP contribution in [0.5, 0.6) is 0 Å². The van der Waals surface area contributed by atoms with Gasteiger partial charge in [0.25, 0.3) is 5.91 Å². The van der Waals surface area contributed by atoms with Crippen molar-refractivity contribution in [1.82, 2.24) is 5.32 Å². The molecule has 1 fully saturated rings. The normalized spacial score (nSPS) is 16.9. The van der Waals surface area contributed by atoms with Crippen molar-refractivity contribution in [3.05, 3.63) is 35.6 Å². The number of benzene rings is 1. The largest absolute Gasteiger partial charge is 0.352 e. The number of hydrogen-bond acceptors (Lipinski definition) is 1. The molecule has 0 radical (unpaired) electrons. The van der Waals surface area contributed by atoms with Crippen molar-refractivity contribution in [1.29, 1.82) is 0 Å². The van der Waals surface area contributed by atoms with E-state index in [1.807, 2.05) is 0 Å². The maximum Gasteiger partial charge on any atom is 0.251 e. The highest BCUT2D eigenvalue weighted by Gasteiger charge is 2.12. The summed E-state index contributed by atoms with van der Waals surface area (Å²) < 4.78 is 12.8. The van der Waals surface area contributed by atoms with Gasteiger partial charge in [0, 0.05) is 12.1 Å². The van der Waals surface area contributed by atoms with Crippen LogP contribution in [0.25, 0.3) is 0 Å². The van der Waals surface area contributed by atoms with Gasteiger partial charge < -0.3 is 5.32 Å². The first-order valence-electron chi connectivity index (χ1n) is 7.29. The molecule has 1 aliphatic carbocycles. The molecule has 104 valence electrons. The minimum absolute atomic E-state index is 0.103. The molecule has 2 nitrogen and oxygen atoms in total. The van der Waals surface area contributed by atoms with Crippen molar-refractivity contribution >= 4 is 5.91 Å². The highest BCUT2D eigenvalue weighted by molar-refractivity contribution is 5.94. The summed E-state index contributed by atoms with van der Waals surface area (Å²) in [4.78, 5) is 11.8. The van der Waals surface area contributed by atoms with Gasteiger partial charge in [-0.3, -0.25) is 4.79 Å². The van der Waals surface area contributed by atoms with E-state index in [4.69, 9.17) is 0 Å². The molecule has 0 aliphatic heterocycles. The maximum absolute atomic E-state index is 12.8. The third kappa shape index (κ3) is 4.66. The fourth-order valence-corrected chi connectivity index (χ4v) is 2.75. The minimum atomic E-state index is -0.310. The van der Waals surface area contributed by atoms with Gasteiger partial charge in [0.2, 0.25) is 0 Å². The van der Waals surface area contributed by atoms with Crippen LogP contribution in [-0.4, -0.2) is 12.5 Å². The zero-order valence-corrected chi connectivity index (χ0v) is 11.3. The quantitative estimate of drug-likeness (QED) is 0.820. The summed E-state index contributed by atoms with van der Waals surface area (Å²) in [6, 6.07) is 5.69. The molecule has 0 aromatic heterocycles. The Morgan fingerprint density at radius 3 is 2.37 bits per heavy atom. The van der Waals surface area contributed by atoms with Crippen LogP contribution >= 0.6 is 0 Å². The Bertz CT molecular complexity index is 394. The average Bonchev–Trinajstić information content (AvgIpc) is 2.68. The van der Waals surface area contributed by atoms with Crippen LogP contribution in [0.4, 0.5) is 4.39 Å². The Kier molecular flexibility index (Phi) is 5.37. The smallest absolute Gasteiger partial charge is 0.251 e. The van der Waals surface area contributed by atoms with Gasteiger partial charge in [0.15, 0.2) is 0 Å². The summed E-state index contributed by atoms with van der Waals surface area (Å²) >= 11 is 0. The zero-order valence-electron chi connectivity index (χ0n) is 11.3. The Hall–Kier alpha value is -1.38. The van der Waals surface area contributed by atoms with E-state index in [1.54, 1.807) is 0 Å². The Morgan fingerprint density at radius 2 is 1.74 bits per heavy atom. The van der Waals surface area contributed by atoms with Gasteiger partial charge in [-0.15, -0.1) is 0 Å². The molecule has 1 saturated carbocycles. The Morgan fingerprint density at radius 1 is 1.11 bits per heavy atom. The van der Waals surface area contributed by atoms with Crippen molar-refractivity contribution in [3.8, 4) is 0 Å². The lowest BCUT2D eigenvalue weighted by Crippen LogP contribution is -2.25. The van der Waals surface area contributed by atoms with E-state index in [9.17, 15) is 9.18 Å². The molecule has 0 heterocycles. The SMILES string of the molecule is O=C(NCCC1CCCCCC1)c1ccc(F)cc1. The number of hydrogen-bond donors (Lipinski definition) is 1. The number of nitrogens with one attached hydrogen (secondary N) is 1. The maximum atomic E-state index is 12.8. The fraction of sp³-hybridized carbons (Fsp3) is 0.562. The highest BCUT2D eigenvalue weighted by Crippen LogP contribution is 2.24. The van der Waals surface area contributed by atoms with Crippen LogP contribution in [0.1, 0.15) is 55.3 Å². The van der Waals surface area contributed by atoms with Crippen LogP contribution in [0.15, 0.2) is 24.3 Å². The van der Waals surface area contributed by atoms with E-state index in [1.165, 1.54) is 62.8 Å². The summed E-state index contributed by atoms with van der Waals surface area (Å²) in [5, 5.41) is 2.92. The topological polar surface area (TPSA) is 29.1 Å². The molecule has 1 N–H and O–H groups in total. The van der Waals surface area contributed by atoms with E-state index in [-0.39, 0.29) is 11.7 Å². The molecule has 1 aliphatic rings. The number of rotatable bonds is 4. The van der Waals surface area contributed by atoms with Crippen LogP contribution in [0.3, 0.4) is 0 Å². The second-order valence-electron chi connectivity index (χ2n) is 5.41. The fourth-order valence-electron chi connectivity index (χ4n) is 2.75. The standard InChI is InChI=1S/C16H22FNO/c17-15-9-7-14(8-10-15)16(19)18-12-11-13-5-3-1-2-4-6-13/h7-10,13H,1-6,11-12H2,(H,18,19). The van der Waals surface area contributed by atoms with E-state index in [2.05, 4.69) is 5.32 Å². The Balaban J connectivity index is 1.72. The minimum Gasteiger partial charge on any atom is -0.352 e. The van der Waals surface area contributed by atoms with Crippen molar-refractivity contribution < 1.29 is 9.18 Å². The van der Waals surface area contributed by atoms with Gasteiger partial charge >= 0.3 is 0 Å². The molecule has 1 amide bonds. The molecule has 0 unspecified atom stereocenters. The van der Waals surface area contributed by atoms with Crippen LogP contribution < -0.4 is 5.32 Å². The molecule has 0 bridgehead atoms. The van der Waals surface area contributed by atoms with Gasteiger partial charge in [0.1, 0.15) is 5.82 Å². The summed E-state index contributed by atoms with van der Waals surface area (Å²) in [6.45, 7) is 0.723. The zero-order chi connectivity index (χ0) is 13.5. The van der Waals surface area contributed by atoms with Gasteiger partial charge in [-0.05, 0) is 36.6 Å². The molecule has 1 aromatic carbocycles. The molecule has 0 spiro atoms. The second-order valence-corrected chi connectivity index (χ2v) is 5.41. The van der Waals surface area contributed by atoms with Crippen molar-refractivity contribution in [2.75, 3.05) is 6.54 Å². The van der Waals surface area contributed by atoms with E-state index < -0.39 is 0 Å². The lowest BCUT2D eigenvalue weighted by Gasteiger charge is -2.14. The molecule has 0 atom stereocenters. The molecular weight excluding hydrogens is 241 g/mol. The van der Waals surface area contributed by atoms with Crippen molar-refractivity contribution in [3.63, 3.8) is 0 Å². The molecule has 0 saturated heterocycles. The van der Waals surface area contributed by atoms with Gasteiger partial charge in [0.05, 0.1) is 0 Å². The van der Waals surface area contributed by atoms with Gasteiger partial charge in [-0.2, -0.15) is 0 Å². The van der Waals surface area contributed by atoms with Crippen LogP contribution in [0.2, 0.25) is 0 Å². The second kappa shape index (κ2) is 7.27. The number of amides is 1. The first-order chi connectivity index (χ1) is 9.25. The van der Waals surface area contributed by atoms with Crippen molar-refractivity contribution in [2.24, 2.45) is 5.92 Å². The monoisotopic (exact) mass is 263 g/mol. The van der Waals surface area contributed by atoms with E-state index >= 15 is 0 Å². The third-order valence-corrected chi connectivity index (χ3v) is 3.92. The first-order valence-corrected chi connectivity index (χ1v) is 7.29. The third-order valence-electron chi connectivity index (χ3n) is 3.92. The molecule has 2 rings (SSSR count). The number of halogens is 1. The lowest BCUT2D eigenvalue weighted by atomic mass is 9.97. The first kappa shape index (κ1) is 14.0. The van der Waals surface area contributed by atoms with Gasteiger partial charge in [-0.1, -0.05) is 38.5 Å². The average molecular weight is 263 g/mol. The molecule has 1 aromatic rings. The summed E-state index contributed by atoms with van der Waals surface area (Å²) in [5.74, 6) is 0.347. The number of carbonyl (C=O) groups excluding carboxylic acids is 1. The molecule has 19 heavy (non-hydrogen) atoms. The lowest BCUT2D eigenvalue weighted by molar-refractivity contribution is 0.0951. The predicted molar refractivity (Wildman–Crippen MR) is 74.5 cm³/mol. The summed E-state index contributed by atoms with van der Waals surface area (Å²) in [6.07, 6.45) is 9.04. The summed E-state index contributed by atoms with van der Waals surface area (Å²) in [7, 11) is 0. The van der Waals surface area contributed by atoms with Crippen molar-refractivity contribution in [2.45, 2.75) is 44.9 Å². The predicted octanol–water partition coefficient (Wildman–Crippen LogP) is 3.92. The number of carbonyl (C=O) groups is 1. The van der Waals surface area contributed by atoms with Gasteiger partial charge in [-0.25, -0.2) is 4.39 Å².